The van der Waals surface area contributed by atoms with Gasteiger partial charge in [0.1, 0.15) is 0 Å². The van der Waals surface area contributed by atoms with E-state index in [1.165, 1.54) is 22.3 Å². The van der Waals surface area contributed by atoms with Gasteiger partial charge in [-0.3, -0.25) is 0 Å². The molecule has 0 aliphatic heterocycles. The smallest absolute Gasteiger partial charge is 0.0902 e. The molecule has 2 aromatic rings. The van der Waals surface area contributed by atoms with Crippen LogP contribution >= 0.6 is 0 Å². The molecule has 0 heterocycles. The summed E-state index contributed by atoms with van der Waals surface area (Å²) in [6, 6.07) is 17.0. The summed E-state index contributed by atoms with van der Waals surface area (Å²) in [5, 5.41) is 15.0. The second-order valence-corrected chi connectivity index (χ2v) is 13.4. The monoisotopic (exact) mass is 513 g/mol. The molecule has 4 nitrogen and oxygen atoms in total. The highest BCUT2D eigenvalue weighted by Gasteiger charge is 2.35. The maximum atomic E-state index is 10.8. The Morgan fingerprint density at radius 2 is 1.16 bits per heavy atom. The van der Waals surface area contributed by atoms with Crippen LogP contribution in [-0.2, 0) is 22.0 Å². The molecule has 2 saturated carbocycles. The summed E-state index contributed by atoms with van der Waals surface area (Å²) in [6.07, 6.45) is 7.11. The third kappa shape index (κ3) is 7.18. The largest absolute Gasteiger partial charge is 0.385 e. The molecule has 2 aliphatic rings. The molecule has 0 unspecified atom stereocenters. The molecule has 0 aromatic heterocycles. The van der Waals surface area contributed by atoms with Crippen LogP contribution < -0.4 is 0 Å². The molecule has 0 radical (unpaired) electrons. The normalized spacial score (nSPS) is 19.1. The van der Waals surface area contributed by atoms with Gasteiger partial charge in [-0.15, -0.1) is 0 Å². The van der Waals surface area contributed by atoms with Crippen molar-refractivity contribution in [1.82, 2.24) is 0 Å². The van der Waals surface area contributed by atoms with Crippen molar-refractivity contribution in [2.24, 2.45) is 5.11 Å². The Bertz CT molecular complexity index is 1180. The predicted octanol–water partition coefficient (Wildman–Crippen LogP) is 9.92. The van der Waals surface area contributed by atoms with Crippen LogP contribution in [0.4, 0.5) is 0 Å². The van der Waals surface area contributed by atoms with Gasteiger partial charge in [-0.1, -0.05) is 119 Å². The Morgan fingerprint density at radius 1 is 0.737 bits per heavy atom. The number of hydrogen-bond donors (Lipinski definition) is 1. The molecule has 0 amide bonds. The quantitative estimate of drug-likeness (QED) is 0.189. The average molecular weight is 514 g/mol. The summed E-state index contributed by atoms with van der Waals surface area (Å²) in [5.41, 5.74) is 15.5. The third-order valence-corrected chi connectivity index (χ3v) is 8.34. The summed E-state index contributed by atoms with van der Waals surface area (Å²) in [4.78, 5) is 3.12. The number of nitrogens with zero attached hydrogens (tertiary/aromatic N) is 3. The van der Waals surface area contributed by atoms with Crippen molar-refractivity contribution < 1.29 is 5.11 Å². The van der Waals surface area contributed by atoms with E-state index in [-0.39, 0.29) is 10.8 Å². The molecule has 4 heteroatoms. The lowest BCUT2D eigenvalue weighted by Crippen LogP contribution is -2.29. The minimum atomic E-state index is -0.650. The Kier molecular flexibility index (Phi) is 9.01. The molecule has 1 N–H and O–H groups in total. The van der Waals surface area contributed by atoms with Crippen molar-refractivity contribution in [3.05, 3.63) is 106 Å². The Labute approximate surface area is 230 Å². The van der Waals surface area contributed by atoms with Crippen LogP contribution in [-0.4, -0.2) is 5.11 Å². The summed E-state index contributed by atoms with van der Waals surface area (Å²) in [5.74, 6) is 0. The lowest BCUT2D eigenvalue weighted by molar-refractivity contribution is 0.00928. The van der Waals surface area contributed by atoms with Gasteiger partial charge in [0, 0.05) is 4.91 Å². The van der Waals surface area contributed by atoms with E-state index in [1.54, 1.807) is 0 Å². The maximum absolute atomic E-state index is 10.8. The zero-order valence-corrected chi connectivity index (χ0v) is 24.5. The number of rotatable bonds is 3. The van der Waals surface area contributed by atoms with Crippen LogP contribution in [0.2, 0.25) is 0 Å². The molecule has 2 aliphatic carbocycles. The standard InChI is InChI=1S/C17H23N3.C17H24O/c1-13-8-10-17(11-9-13,19-20-18)15-7-5-6-14(12-15)16(2,3)4;1-13-8-10-17(18,11-9-13)15-7-5-6-14(12-15)16(2,3)4/h5-7,12H,1,8-11H2,2-4H3;5-7,12,18H,1,8-11H2,2-4H3. The summed E-state index contributed by atoms with van der Waals surface area (Å²) < 4.78 is 0. The van der Waals surface area contributed by atoms with E-state index in [2.05, 4.69) is 113 Å². The fourth-order valence-electron chi connectivity index (χ4n) is 5.41. The van der Waals surface area contributed by atoms with Gasteiger partial charge in [-0.2, -0.15) is 0 Å². The number of aliphatic hydroxyl groups is 1. The van der Waals surface area contributed by atoms with Crippen LogP contribution in [0.5, 0.6) is 0 Å². The molecule has 38 heavy (non-hydrogen) atoms. The number of hydrogen-bond acceptors (Lipinski definition) is 2. The zero-order chi connectivity index (χ0) is 28.2. The fraction of sp³-hybridized carbons (Fsp3) is 0.529. The van der Waals surface area contributed by atoms with E-state index in [9.17, 15) is 5.11 Å². The van der Waals surface area contributed by atoms with Crippen molar-refractivity contribution >= 4 is 0 Å². The van der Waals surface area contributed by atoms with E-state index < -0.39 is 11.1 Å². The van der Waals surface area contributed by atoms with Gasteiger partial charge >= 0.3 is 0 Å². The first-order chi connectivity index (χ1) is 17.7. The molecule has 0 bridgehead atoms. The van der Waals surface area contributed by atoms with E-state index in [4.69, 9.17) is 5.53 Å². The molecule has 0 saturated heterocycles. The first-order valence-corrected chi connectivity index (χ1v) is 14.0. The maximum Gasteiger partial charge on any atom is 0.0902 e. The Morgan fingerprint density at radius 3 is 1.61 bits per heavy atom. The fourth-order valence-corrected chi connectivity index (χ4v) is 5.41. The highest BCUT2D eigenvalue weighted by molar-refractivity contribution is 5.35. The molecule has 2 fully saturated rings. The number of allylic oxidation sites excluding steroid dienone is 2. The van der Waals surface area contributed by atoms with Crippen molar-refractivity contribution in [3.63, 3.8) is 0 Å². The van der Waals surface area contributed by atoms with Crippen LogP contribution in [0.15, 0.2) is 77.9 Å². The lowest BCUT2D eigenvalue weighted by atomic mass is 9.74. The van der Waals surface area contributed by atoms with Gasteiger partial charge in [-0.25, -0.2) is 0 Å². The molecule has 204 valence electrons. The summed E-state index contributed by atoms with van der Waals surface area (Å²) in [6.45, 7) is 21.3. The minimum absolute atomic E-state index is 0.103. The first kappa shape index (κ1) is 29.7. The van der Waals surface area contributed by atoms with E-state index >= 15 is 0 Å². The average Bonchev–Trinajstić information content (AvgIpc) is 2.87. The Hall–Kier alpha value is -2.81. The zero-order valence-electron chi connectivity index (χ0n) is 24.5. The van der Waals surface area contributed by atoms with Crippen LogP contribution in [0.25, 0.3) is 10.4 Å². The van der Waals surface area contributed by atoms with Gasteiger partial charge in [0.2, 0.25) is 0 Å². The van der Waals surface area contributed by atoms with Crippen LogP contribution in [0, 0.1) is 0 Å². The first-order valence-electron chi connectivity index (χ1n) is 14.0. The van der Waals surface area contributed by atoms with Crippen molar-refractivity contribution in [2.75, 3.05) is 0 Å². The summed E-state index contributed by atoms with van der Waals surface area (Å²) in [7, 11) is 0. The molecule has 0 spiro atoms. The lowest BCUT2D eigenvalue weighted by Gasteiger charge is -2.35. The molecular formula is C34H47N3O. The number of azide groups is 1. The van der Waals surface area contributed by atoms with E-state index in [1.807, 2.05) is 0 Å². The van der Waals surface area contributed by atoms with Crippen LogP contribution in [0.1, 0.15) is 115 Å². The highest BCUT2D eigenvalue weighted by atomic mass is 16.3. The Balaban J connectivity index is 0.000000212. The van der Waals surface area contributed by atoms with Gasteiger partial charge in [0.25, 0.3) is 0 Å². The topological polar surface area (TPSA) is 69.0 Å². The van der Waals surface area contributed by atoms with Gasteiger partial charge in [-0.05, 0) is 90.0 Å². The molecule has 0 atom stereocenters. The SMILES string of the molecule is C=C1CCC(N=[N+]=[N-])(c2cccc(C(C)(C)C)c2)CC1.C=C1CCC(O)(c2cccc(C(C)(C)C)c2)CC1. The summed E-state index contributed by atoms with van der Waals surface area (Å²) >= 11 is 0. The van der Waals surface area contributed by atoms with Crippen molar-refractivity contribution in [2.45, 2.75) is 115 Å². The molecule has 4 rings (SSSR count). The van der Waals surface area contributed by atoms with Crippen LogP contribution in [0.3, 0.4) is 0 Å². The number of benzene rings is 2. The van der Waals surface area contributed by atoms with Crippen molar-refractivity contribution in [1.29, 1.82) is 0 Å². The second-order valence-electron chi connectivity index (χ2n) is 13.4. The third-order valence-electron chi connectivity index (χ3n) is 8.34. The second kappa shape index (κ2) is 11.5. The minimum Gasteiger partial charge on any atom is -0.385 e. The van der Waals surface area contributed by atoms with Crippen molar-refractivity contribution in [3.8, 4) is 0 Å². The van der Waals surface area contributed by atoms with Gasteiger partial charge in [0.15, 0.2) is 0 Å². The highest BCUT2D eigenvalue weighted by Crippen LogP contribution is 2.43. The van der Waals surface area contributed by atoms with E-state index in [0.29, 0.717) is 0 Å². The van der Waals surface area contributed by atoms with Gasteiger partial charge in [0.05, 0.1) is 11.1 Å². The van der Waals surface area contributed by atoms with Gasteiger partial charge < -0.3 is 5.11 Å². The molecular weight excluding hydrogens is 466 g/mol. The predicted molar refractivity (Wildman–Crippen MR) is 160 cm³/mol. The van der Waals surface area contributed by atoms with E-state index in [0.717, 1.165) is 62.5 Å². The molecule has 2 aromatic carbocycles.